The van der Waals surface area contributed by atoms with Gasteiger partial charge in [-0.2, -0.15) is 5.10 Å². The summed E-state index contributed by atoms with van der Waals surface area (Å²) in [5.41, 5.74) is 1.86. The van der Waals surface area contributed by atoms with Gasteiger partial charge in [0.15, 0.2) is 0 Å². The molecule has 1 aromatic rings. The van der Waals surface area contributed by atoms with Crippen LogP contribution in [0, 0.1) is 19.8 Å². The van der Waals surface area contributed by atoms with E-state index in [1.807, 2.05) is 18.5 Å². The van der Waals surface area contributed by atoms with E-state index < -0.39 is 0 Å². The van der Waals surface area contributed by atoms with E-state index in [1.165, 1.54) is 12.8 Å². The molecule has 21 heavy (non-hydrogen) atoms. The summed E-state index contributed by atoms with van der Waals surface area (Å²) >= 11 is 6.21. The number of aryl methyl sites for hydroxylation is 2. The van der Waals surface area contributed by atoms with E-state index in [0.717, 1.165) is 48.8 Å². The Labute approximate surface area is 132 Å². The van der Waals surface area contributed by atoms with Gasteiger partial charge in [0.2, 0.25) is 0 Å². The quantitative estimate of drug-likeness (QED) is 0.813. The molecular weight excluding hydrogens is 286 g/mol. The average Bonchev–Trinajstić information content (AvgIpc) is 3.00. The molecule has 0 saturated heterocycles. The van der Waals surface area contributed by atoms with Gasteiger partial charge in [-0.25, -0.2) is 0 Å². The standard InChI is InChI=1S/C16H28ClN3O/c1-4-9-18-16(11-21)8-5-6-14(16)7-10-20-13(3)15(17)12(2)19-20/h14,18,21H,4-11H2,1-3H3. The average molecular weight is 314 g/mol. The summed E-state index contributed by atoms with van der Waals surface area (Å²) in [5, 5.41) is 18.8. The first-order valence-electron chi connectivity index (χ1n) is 8.09. The smallest absolute Gasteiger partial charge is 0.0844 e. The van der Waals surface area contributed by atoms with Crippen molar-refractivity contribution >= 4 is 11.6 Å². The van der Waals surface area contributed by atoms with Gasteiger partial charge in [-0.1, -0.05) is 24.9 Å². The number of rotatable bonds is 7. The van der Waals surface area contributed by atoms with Crippen molar-refractivity contribution in [3.05, 3.63) is 16.4 Å². The fraction of sp³-hybridized carbons (Fsp3) is 0.812. The molecule has 1 heterocycles. The Morgan fingerprint density at radius 3 is 2.81 bits per heavy atom. The van der Waals surface area contributed by atoms with Crippen LogP contribution in [-0.4, -0.2) is 33.6 Å². The zero-order valence-electron chi connectivity index (χ0n) is 13.5. The van der Waals surface area contributed by atoms with E-state index >= 15 is 0 Å². The van der Waals surface area contributed by atoms with E-state index in [1.54, 1.807) is 0 Å². The van der Waals surface area contributed by atoms with Crippen LogP contribution in [0.5, 0.6) is 0 Å². The molecule has 0 radical (unpaired) electrons. The van der Waals surface area contributed by atoms with Crippen LogP contribution < -0.4 is 5.32 Å². The Hall–Kier alpha value is -0.580. The van der Waals surface area contributed by atoms with Crippen LogP contribution in [0.4, 0.5) is 0 Å². The highest BCUT2D eigenvalue weighted by atomic mass is 35.5. The lowest BCUT2D eigenvalue weighted by atomic mass is 9.85. The first-order valence-corrected chi connectivity index (χ1v) is 8.47. The van der Waals surface area contributed by atoms with E-state index in [9.17, 15) is 5.11 Å². The lowest BCUT2D eigenvalue weighted by Gasteiger charge is -2.35. The summed E-state index contributed by atoms with van der Waals surface area (Å²) in [6, 6.07) is 0. The number of aliphatic hydroxyl groups is 1. The van der Waals surface area contributed by atoms with Crippen LogP contribution in [0.15, 0.2) is 0 Å². The van der Waals surface area contributed by atoms with E-state index in [4.69, 9.17) is 11.6 Å². The third-order valence-electron chi connectivity index (χ3n) is 4.95. The zero-order chi connectivity index (χ0) is 15.5. The molecule has 0 spiro atoms. The van der Waals surface area contributed by atoms with Gasteiger partial charge in [0.1, 0.15) is 0 Å². The summed E-state index contributed by atoms with van der Waals surface area (Å²) in [4.78, 5) is 0. The Morgan fingerprint density at radius 1 is 1.48 bits per heavy atom. The number of nitrogens with one attached hydrogen (secondary N) is 1. The van der Waals surface area contributed by atoms with Crippen molar-refractivity contribution in [1.29, 1.82) is 0 Å². The number of aliphatic hydroxyl groups excluding tert-OH is 1. The Balaban J connectivity index is 2.02. The summed E-state index contributed by atoms with van der Waals surface area (Å²) in [6.07, 6.45) is 5.59. The minimum Gasteiger partial charge on any atom is -0.394 e. The molecule has 5 heteroatoms. The molecular formula is C16H28ClN3O. The third kappa shape index (κ3) is 3.43. The maximum atomic E-state index is 9.91. The Kier molecular flexibility index (Phi) is 5.69. The van der Waals surface area contributed by atoms with Crippen molar-refractivity contribution in [2.45, 2.75) is 65.0 Å². The van der Waals surface area contributed by atoms with E-state index in [0.29, 0.717) is 5.92 Å². The predicted octanol–water partition coefficient (Wildman–Crippen LogP) is 3.07. The van der Waals surface area contributed by atoms with Crippen LogP contribution in [0.25, 0.3) is 0 Å². The van der Waals surface area contributed by atoms with Gasteiger partial charge in [0.05, 0.1) is 23.0 Å². The van der Waals surface area contributed by atoms with E-state index in [-0.39, 0.29) is 12.1 Å². The second-order valence-corrected chi connectivity index (χ2v) is 6.70. The van der Waals surface area contributed by atoms with Crippen LogP contribution >= 0.6 is 11.6 Å². The predicted molar refractivity (Wildman–Crippen MR) is 86.8 cm³/mol. The summed E-state index contributed by atoms with van der Waals surface area (Å²) in [7, 11) is 0. The van der Waals surface area contributed by atoms with Crippen LogP contribution in [0.3, 0.4) is 0 Å². The molecule has 0 bridgehead atoms. The maximum absolute atomic E-state index is 9.91. The molecule has 2 atom stereocenters. The van der Waals surface area contributed by atoms with Gasteiger partial charge < -0.3 is 10.4 Å². The van der Waals surface area contributed by atoms with Gasteiger partial charge in [-0.05, 0) is 52.0 Å². The van der Waals surface area contributed by atoms with Gasteiger partial charge in [0.25, 0.3) is 0 Å². The van der Waals surface area contributed by atoms with E-state index in [2.05, 4.69) is 17.3 Å². The third-order valence-corrected chi connectivity index (χ3v) is 5.50. The molecule has 2 rings (SSSR count). The van der Waals surface area contributed by atoms with Gasteiger partial charge in [-0.3, -0.25) is 4.68 Å². The van der Waals surface area contributed by atoms with Crippen molar-refractivity contribution < 1.29 is 5.11 Å². The molecule has 4 nitrogen and oxygen atoms in total. The van der Waals surface area contributed by atoms with Crippen molar-refractivity contribution in [2.75, 3.05) is 13.2 Å². The Bertz CT molecular complexity index is 474. The lowest BCUT2D eigenvalue weighted by Crippen LogP contribution is -2.51. The number of aromatic nitrogens is 2. The largest absolute Gasteiger partial charge is 0.394 e. The van der Waals surface area contributed by atoms with Crippen molar-refractivity contribution in [2.24, 2.45) is 5.92 Å². The molecule has 1 aliphatic rings. The first kappa shape index (κ1) is 16.8. The van der Waals surface area contributed by atoms with Crippen LogP contribution in [0.2, 0.25) is 5.02 Å². The first-order chi connectivity index (χ1) is 10.0. The van der Waals surface area contributed by atoms with Crippen molar-refractivity contribution in [3.8, 4) is 0 Å². The fourth-order valence-electron chi connectivity index (χ4n) is 3.61. The molecule has 2 N–H and O–H groups in total. The van der Waals surface area contributed by atoms with Crippen LogP contribution in [0.1, 0.15) is 50.4 Å². The normalized spacial score (nSPS) is 25.7. The lowest BCUT2D eigenvalue weighted by molar-refractivity contribution is 0.116. The molecule has 0 amide bonds. The fourth-order valence-corrected chi connectivity index (χ4v) is 3.74. The topological polar surface area (TPSA) is 50.1 Å². The highest BCUT2D eigenvalue weighted by Crippen LogP contribution is 2.38. The molecule has 1 aromatic heterocycles. The molecule has 120 valence electrons. The number of hydrogen-bond acceptors (Lipinski definition) is 3. The summed E-state index contributed by atoms with van der Waals surface area (Å²) in [5.74, 6) is 0.511. The molecule has 1 saturated carbocycles. The summed E-state index contributed by atoms with van der Waals surface area (Å²) in [6.45, 7) is 8.21. The Morgan fingerprint density at radius 2 is 2.24 bits per heavy atom. The van der Waals surface area contributed by atoms with Crippen LogP contribution in [-0.2, 0) is 6.54 Å². The number of hydrogen-bond donors (Lipinski definition) is 2. The number of nitrogens with zero attached hydrogens (tertiary/aromatic N) is 2. The molecule has 0 aliphatic heterocycles. The highest BCUT2D eigenvalue weighted by molar-refractivity contribution is 6.31. The molecule has 1 aliphatic carbocycles. The minimum absolute atomic E-state index is 0.0874. The molecule has 0 aromatic carbocycles. The van der Waals surface area contributed by atoms with Gasteiger partial charge >= 0.3 is 0 Å². The zero-order valence-corrected chi connectivity index (χ0v) is 14.2. The molecule has 2 unspecified atom stereocenters. The number of halogens is 1. The highest BCUT2D eigenvalue weighted by Gasteiger charge is 2.41. The second-order valence-electron chi connectivity index (χ2n) is 6.33. The monoisotopic (exact) mass is 313 g/mol. The van der Waals surface area contributed by atoms with Crippen molar-refractivity contribution in [3.63, 3.8) is 0 Å². The van der Waals surface area contributed by atoms with Gasteiger partial charge in [0, 0.05) is 12.1 Å². The molecule has 1 fully saturated rings. The minimum atomic E-state index is -0.0874. The van der Waals surface area contributed by atoms with Crippen molar-refractivity contribution in [1.82, 2.24) is 15.1 Å². The van der Waals surface area contributed by atoms with Gasteiger partial charge in [-0.15, -0.1) is 0 Å². The SMILES string of the molecule is CCCNC1(CO)CCCC1CCn1nc(C)c(Cl)c1C. The maximum Gasteiger partial charge on any atom is 0.0844 e. The second kappa shape index (κ2) is 7.12. The summed E-state index contributed by atoms with van der Waals surface area (Å²) < 4.78 is 2.01.